The largest absolute Gasteiger partial charge is 0.508 e. The molecule has 5 heteroatoms. The molecule has 3 aromatic rings. The highest BCUT2D eigenvalue weighted by Gasteiger charge is 2.33. The van der Waals surface area contributed by atoms with Crippen molar-refractivity contribution < 1.29 is 9.90 Å². The van der Waals surface area contributed by atoms with Gasteiger partial charge in [0.25, 0.3) is 5.91 Å². The first-order chi connectivity index (χ1) is 14.1. The van der Waals surface area contributed by atoms with Crippen molar-refractivity contribution in [1.29, 1.82) is 0 Å². The number of benzene rings is 3. The Kier molecular flexibility index (Phi) is 5.45. The van der Waals surface area contributed by atoms with Crippen LogP contribution in [0.25, 0.3) is 6.08 Å². The Morgan fingerprint density at radius 2 is 1.69 bits per heavy atom. The lowest BCUT2D eigenvalue weighted by Crippen LogP contribution is -2.25. The van der Waals surface area contributed by atoms with Crippen molar-refractivity contribution in [2.75, 3.05) is 0 Å². The van der Waals surface area contributed by atoms with Crippen LogP contribution in [0.15, 0.2) is 90.0 Å². The minimum absolute atomic E-state index is 0.148. The fourth-order valence-corrected chi connectivity index (χ4v) is 3.48. The van der Waals surface area contributed by atoms with Gasteiger partial charge in [-0.1, -0.05) is 72.3 Å². The van der Waals surface area contributed by atoms with Gasteiger partial charge < -0.3 is 5.11 Å². The van der Waals surface area contributed by atoms with E-state index in [9.17, 15) is 9.90 Å². The summed E-state index contributed by atoms with van der Waals surface area (Å²) in [5.41, 5.74) is 3.27. The average Bonchev–Trinajstić information content (AvgIpc) is 3.19. The van der Waals surface area contributed by atoms with E-state index in [1.54, 1.807) is 30.3 Å². The number of carbonyl (C=O) groups excluding carboxylic acids is 1. The lowest BCUT2D eigenvalue weighted by atomic mass is 9.97. The number of phenols is 1. The molecule has 1 aliphatic heterocycles. The van der Waals surface area contributed by atoms with Gasteiger partial charge in [-0.3, -0.25) is 4.79 Å². The monoisotopic (exact) mass is 402 g/mol. The smallest absolute Gasteiger partial charge is 0.267 e. The first-order valence-corrected chi connectivity index (χ1v) is 9.67. The number of hydrazone groups is 1. The van der Waals surface area contributed by atoms with Crippen LogP contribution in [0.1, 0.15) is 29.2 Å². The molecule has 1 aliphatic rings. The molecule has 29 heavy (non-hydrogen) atoms. The third-order valence-corrected chi connectivity index (χ3v) is 5.08. The summed E-state index contributed by atoms with van der Waals surface area (Å²) in [6, 6.07) is 23.7. The highest BCUT2D eigenvalue weighted by molar-refractivity contribution is 6.30. The highest BCUT2D eigenvalue weighted by atomic mass is 35.5. The molecule has 4 nitrogen and oxygen atoms in total. The van der Waals surface area contributed by atoms with Crippen LogP contribution < -0.4 is 0 Å². The number of hydrogen-bond acceptors (Lipinski definition) is 3. The lowest BCUT2D eigenvalue weighted by molar-refractivity contribution is -0.127. The molecule has 0 saturated carbocycles. The molecule has 1 atom stereocenters. The van der Waals surface area contributed by atoms with E-state index in [1.807, 2.05) is 54.6 Å². The summed E-state index contributed by atoms with van der Waals surface area (Å²) in [5, 5.41) is 17.0. The van der Waals surface area contributed by atoms with Gasteiger partial charge in [-0.25, -0.2) is 5.01 Å². The number of amides is 1. The van der Waals surface area contributed by atoms with E-state index < -0.39 is 0 Å². The molecule has 0 aromatic heterocycles. The van der Waals surface area contributed by atoms with Gasteiger partial charge in [0.15, 0.2) is 0 Å². The van der Waals surface area contributed by atoms with Gasteiger partial charge >= 0.3 is 0 Å². The Bertz CT molecular complexity index is 1080. The van der Waals surface area contributed by atoms with Crippen molar-refractivity contribution in [2.24, 2.45) is 5.10 Å². The van der Waals surface area contributed by atoms with Gasteiger partial charge in [-0.2, -0.15) is 5.10 Å². The number of nitrogens with zero attached hydrogens (tertiary/aromatic N) is 2. The van der Waals surface area contributed by atoms with Gasteiger partial charge in [0.2, 0.25) is 0 Å². The number of carbonyl (C=O) groups is 1. The fraction of sp³-hybridized carbons (Fsp3) is 0.0833. The standard InChI is InChI=1S/C24H19ClN2O2/c25-19-13-11-18(12-14-19)21-16-22(20-8-4-5-9-23(20)28)27(26-21)24(29)15-10-17-6-2-1-3-7-17/h1-15,22,28H,16H2/b15-10+. The van der Waals surface area contributed by atoms with Crippen molar-refractivity contribution in [3.05, 3.63) is 107 Å². The van der Waals surface area contributed by atoms with Gasteiger partial charge in [-0.15, -0.1) is 0 Å². The zero-order valence-electron chi connectivity index (χ0n) is 15.6. The van der Waals surface area contributed by atoms with Gasteiger partial charge in [-0.05, 0) is 35.4 Å². The zero-order chi connectivity index (χ0) is 20.2. The fourth-order valence-electron chi connectivity index (χ4n) is 3.35. The average molecular weight is 403 g/mol. The van der Waals surface area contributed by atoms with Crippen LogP contribution in [0.2, 0.25) is 5.02 Å². The van der Waals surface area contributed by atoms with Crippen LogP contribution in [0.5, 0.6) is 5.75 Å². The minimum Gasteiger partial charge on any atom is -0.508 e. The maximum absolute atomic E-state index is 13.0. The third kappa shape index (κ3) is 4.23. The van der Waals surface area contributed by atoms with Crippen molar-refractivity contribution >= 4 is 29.3 Å². The summed E-state index contributed by atoms with van der Waals surface area (Å²) in [4.78, 5) is 13.0. The molecule has 0 saturated heterocycles. The summed E-state index contributed by atoms with van der Waals surface area (Å²) in [5.74, 6) is -0.0963. The summed E-state index contributed by atoms with van der Waals surface area (Å²) in [6.45, 7) is 0. The Labute approximate surface area is 174 Å². The molecule has 1 heterocycles. The molecule has 0 bridgehead atoms. The summed E-state index contributed by atoms with van der Waals surface area (Å²) in [7, 11) is 0. The van der Waals surface area contributed by atoms with Crippen LogP contribution >= 0.6 is 11.6 Å². The summed E-state index contributed by atoms with van der Waals surface area (Å²) in [6.07, 6.45) is 3.78. The van der Waals surface area contributed by atoms with Crippen molar-refractivity contribution in [2.45, 2.75) is 12.5 Å². The second-order valence-corrected chi connectivity index (χ2v) is 7.20. The quantitative estimate of drug-likeness (QED) is 0.591. The van der Waals surface area contributed by atoms with E-state index in [4.69, 9.17) is 11.6 Å². The van der Waals surface area contributed by atoms with Gasteiger partial charge in [0, 0.05) is 23.1 Å². The molecule has 3 aromatic carbocycles. The topological polar surface area (TPSA) is 52.9 Å². The third-order valence-electron chi connectivity index (χ3n) is 4.83. The Hall–Kier alpha value is -3.37. The predicted octanol–water partition coefficient (Wildman–Crippen LogP) is 5.44. The molecule has 144 valence electrons. The number of para-hydroxylation sites is 1. The van der Waals surface area contributed by atoms with Gasteiger partial charge in [0.05, 0.1) is 11.8 Å². The second-order valence-electron chi connectivity index (χ2n) is 6.76. The second kappa shape index (κ2) is 8.33. The van der Waals surface area contributed by atoms with Crippen molar-refractivity contribution in [3.63, 3.8) is 0 Å². The molecule has 4 rings (SSSR count). The van der Waals surface area contributed by atoms with Crippen molar-refractivity contribution in [1.82, 2.24) is 5.01 Å². The Morgan fingerprint density at radius 1 is 1.00 bits per heavy atom. The number of hydrogen-bond donors (Lipinski definition) is 1. The van der Waals surface area contributed by atoms with Crippen LogP contribution in [-0.4, -0.2) is 21.7 Å². The van der Waals surface area contributed by atoms with Gasteiger partial charge in [0.1, 0.15) is 5.75 Å². The molecule has 0 aliphatic carbocycles. The minimum atomic E-state index is -0.380. The van der Waals surface area contributed by atoms with Crippen LogP contribution in [0, 0.1) is 0 Å². The Balaban J connectivity index is 1.67. The molecule has 1 N–H and O–H groups in total. The first-order valence-electron chi connectivity index (χ1n) is 9.29. The van der Waals surface area contributed by atoms with E-state index in [-0.39, 0.29) is 17.7 Å². The molecular weight excluding hydrogens is 384 g/mol. The van der Waals surface area contributed by atoms with E-state index in [0.717, 1.165) is 16.8 Å². The van der Waals surface area contributed by atoms with Crippen molar-refractivity contribution in [3.8, 4) is 5.75 Å². The van der Waals surface area contributed by atoms with E-state index in [0.29, 0.717) is 17.0 Å². The van der Waals surface area contributed by atoms with E-state index in [1.165, 1.54) is 11.1 Å². The zero-order valence-corrected chi connectivity index (χ0v) is 16.3. The predicted molar refractivity (Wildman–Crippen MR) is 116 cm³/mol. The maximum atomic E-state index is 13.0. The molecule has 1 unspecified atom stereocenters. The van der Waals surface area contributed by atoms with E-state index >= 15 is 0 Å². The van der Waals surface area contributed by atoms with Crippen LogP contribution in [0.3, 0.4) is 0 Å². The molecule has 0 radical (unpaired) electrons. The van der Waals surface area contributed by atoms with Crippen LogP contribution in [0.4, 0.5) is 0 Å². The normalized spacial score (nSPS) is 16.2. The first kappa shape index (κ1) is 19.0. The highest BCUT2D eigenvalue weighted by Crippen LogP contribution is 2.37. The van der Waals surface area contributed by atoms with Crippen LogP contribution in [-0.2, 0) is 4.79 Å². The molecular formula is C24H19ClN2O2. The summed E-state index contributed by atoms with van der Waals surface area (Å²) >= 11 is 6.00. The molecule has 0 fully saturated rings. The molecule has 0 spiro atoms. The SMILES string of the molecule is O=C(/C=C/c1ccccc1)N1N=C(c2ccc(Cl)cc2)CC1c1ccccc1O. The Morgan fingerprint density at radius 3 is 2.41 bits per heavy atom. The number of phenolic OH excluding ortho intramolecular Hbond substituents is 1. The number of rotatable bonds is 4. The maximum Gasteiger partial charge on any atom is 0.267 e. The molecule has 1 amide bonds. The summed E-state index contributed by atoms with van der Waals surface area (Å²) < 4.78 is 0. The van der Waals surface area contributed by atoms with E-state index in [2.05, 4.69) is 5.10 Å². The lowest BCUT2D eigenvalue weighted by Gasteiger charge is -2.21. The number of halogens is 1. The number of aromatic hydroxyl groups is 1.